The summed E-state index contributed by atoms with van der Waals surface area (Å²) in [5, 5.41) is 11.5. The minimum Gasteiger partial charge on any atom is -0.497 e. The van der Waals surface area contributed by atoms with Crippen molar-refractivity contribution in [1.82, 2.24) is 19.7 Å². The molecule has 1 saturated heterocycles. The number of hydrogen-bond donors (Lipinski definition) is 1. The van der Waals surface area contributed by atoms with Crippen LogP contribution in [0.5, 0.6) is 5.75 Å². The molecule has 0 saturated carbocycles. The molecule has 28 heavy (non-hydrogen) atoms. The van der Waals surface area contributed by atoms with Gasteiger partial charge in [-0.3, -0.25) is 0 Å². The summed E-state index contributed by atoms with van der Waals surface area (Å²) < 4.78 is 7.05. The monoisotopic (exact) mass is 378 g/mol. The number of urea groups is 1. The number of rotatable bonds is 4. The predicted octanol–water partition coefficient (Wildman–Crippen LogP) is 2.63. The lowest BCUT2D eigenvalue weighted by Crippen LogP contribution is -2.50. The van der Waals surface area contributed by atoms with Gasteiger partial charge in [0.15, 0.2) is 11.6 Å². The topological polar surface area (TPSA) is 75.5 Å². The molecule has 144 valence electrons. The Hall–Kier alpha value is -3.55. The molecule has 0 atom stereocenters. The molecule has 1 aromatic carbocycles. The highest BCUT2D eigenvalue weighted by molar-refractivity contribution is 5.89. The van der Waals surface area contributed by atoms with E-state index in [1.54, 1.807) is 7.11 Å². The number of nitrogens with zero attached hydrogens (tertiary/aromatic N) is 5. The Morgan fingerprint density at radius 3 is 2.18 bits per heavy atom. The lowest BCUT2D eigenvalue weighted by atomic mass is 10.3. The van der Waals surface area contributed by atoms with E-state index in [1.165, 1.54) is 0 Å². The first-order valence-corrected chi connectivity index (χ1v) is 9.15. The Morgan fingerprint density at radius 2 is 1.57 bits per heavy atom. The fraction of sp³-hybridized carbons (Fsp3) is 0.250. The summed E-state index contributed by atoms with van der Waals surface area (Å²) in [4.78, 5) is 16.4. The van der Waals surface area contributed by atoms with Crippen LogP contribution in [0.25, 0.3) is 5.82 Å². The van der Waals surface area contributed by atoms with E-state index >= 15 is 0 Å². The lowest BCUT2D eigenvalue weighted by molar-refractivity contribution is 0.208. The van der Waals surface area contributed by atoms with Crippen LogP contribution in [0.15, 0.2) is 60.9 Å². The molecule has 0 bridgehead atoms. The molecule has 8 nitrogen and oxygen atoms in total. The summed E-state index contributed by atoms with van der Waals surface area (Å²) in [5.41, 5.74) is 0.750. The number of hydrogen-bond acceptors (Lipinski definition) is 5. The molecule has 3 aromatic rings. The van der Waals surface area contributed by atoms with Gasteiger partial charge in [-0.05, 0) is 48.5 Å². The van der Waals surface area contributed by atoms with Gasteiger partial charge < -0.3 is 24.4 Å². The van der Waals surface area contributed by atoms with E-state index in [4.69, 9.17) is 4.74 Å². The van der Waals surface area contributed by atoms with E-state index in [0.717, 1.165) is 23.1 Å². The van der Waals surface area contributed by atoms with Gasteiger partial charge in [0, 0.05) is 44.3 Å². The Labute approximate surface area is 163 Å². The van der Waals surface area contributed by atoms with Crippen molar-refractivity contribution in [2.24, 2.45) is 0 Å². The first-order chi connectivity index (χ1) is 13.7. The molecule has 1 aliphatic heterocycles. The summed E-state index contributed by atoms with van der Waals surface area (Å²) >= 11 is 0. The third-order valence-electron chi connectivity index (χ3n) is 4.74. The van der Waals surface area contributed by atoms with Crippen molar-refractivity contribution in [2.45, 2.75) is 0 Å². The second-order valence-corrected chi connectivity index (χ2v) is 6.47. The fourth-order valence-corrected chi connectivity index (χ4v) is 3.13. The van der Waals surface area contributed by atoms with Crippen LogP contribution in [0.2, 0.25) is 0 Å². The first kappa shape index (κ1) is 17.8. The van der Waals surface area contributed by atoms with Gasteiger partial charge >= 0.3 is 6.03 Å². The zero-order valence-electron chi connectivity index (χ0n) is 15.7. The van der Waals surface area contributed by atoms with Gasteiger partial charge in [0.25, 0.3) is 0 Å². The highest BCUT2D eigenvalue weighted by Crippen LogP contribution is 2.17. The molecule has 4 rings (SSSR count). The van der Waals surface area contributed by atoms with Crippen molar-refractivity contribution < 1.29 is 9.53 Å². The molecular formula is C20H22N6O2. The SMILES string of the molecule is COc1ccc(NC(=O)N2CCN(c3ccc(-n4cccc4)nn3)CC2)cc1. The number of piperazine rings is 1. The summed E-state index contributed by atoms with van der Waals surface area (Å²) in [6, 6.07) is 15.0. The van der Waals surface area contributed by atoms with Crippen LogP contribution in [0.3, 0.4) is 0 Å². The van der Waals surface area contributed by atoms with Crippen molar-refractivity contribution in [3.05, 3.63) is 60.9 Å². The summed E-state index contributed by atoms with van der Waals surface area (Å²) in [5.74, 6) is 2.37. The predicted molar refractivity (Wildman–Crippen MR) is 107 cm³/mol. The Kier molecular flexibility index (Phi) is 5.09. The fourth-order valence-electron chi connectivity index (χ4n) is 3.13. The third kappa shape index (κ3) is 3.90. The number of carbonyl (C=O) groups excluding carboxylic acids is 1. The molecule has 1 aliphatic rings. The molecule has 1 N–H and O–H groups in total. The van der Waals surface area contributed by atoms with Crippen LogP contribution in [0, 0.1) is 0 Å². The largest absolute Gasteiger partial charge is 0.497 e. The summed E-state index contributed by atoms with van der Waals surface area (Å²) in [6.45, 7) is 2.69. The van der Waals surface area contributed by atoms with Crippen LogP contribution >= 0.6 is 0 Å². The van der Waals surface area contributed by atoms with Crippen molar-refractivity contribution in [3.8, 4) is 11.6 Å². The van der Waals surface area contributed by atoms with Crippen LogP contribution in [0.1, 0.15) is 0 Å². The van der Waals surface area contributed by atoms with E-state index in [9.17, 15) is 4.79 Å². The molecule has 3 heterocycles. The molecule has 2 amide bonds. The van der Waals surface area contributed by atoms with E-state index in [1.807, 2.05) is 70.4 Å². The molecular weight excluding hydrogens is 356 g/mol. The third-order valence-corrected chi connectivity index (χ3v) is 4.74. The van der Waals surface area contributed by atoms with Gasteiger partial charge in [0.2, 0.25) is 0 Å². The normalized spacial score (nSPS) is 14.0. The van der Waals surface area contributed by atoms with Crippen molar-refractivity contribution in [2.75, 3.05) is 43.5 Å². The van der Waals surface area contributed by atoms with E-state index in [2.05, 4.69) is 20.4 Å². The molecule has 0 spiro atoms. The van der Waals surface area contributed by atoms with Gasteiger partial charge in [-0.15, -0.1) is 10.2 Å². The second-order valence-electron chi connectivity index (χ2n) is 6.47. The molecule has 8 heteroatoms. The van der Waals surface area contributed by atoms with Crippen LogP contribution in [-0.2, 0) is 0 Å². The van der Waals surface area contributed by atoms with Gasteiger partial charge in [0.1, 0.15) is 5.75 Å². The molecule has 0 aliphatic carbocycles. The zero-order valence-corrected chi connectivity index (χ0v) is 15.7. The standard InChI is InChI=1S/C20H22N6O2/c1-28-17-6-4-16(5-7-17)21-20(27)26-14-12-25(13-15-26)19-9-8-18(22-23-19)24-10-2-3-11-24/h2-11H,12-15H2,1H3,(H,21,27). The number of aromatic nitrogens is 3. The molecule has 2 aromatic heterocycles. The maximum Gasteiger partial charge on any atom is 0.321 e. The number of methoxy groups -OCH3 is 1. The quantitative estimate of drug-likeness (QED) is 0.755. The molecule has 0 unspecified atom stereocenters. The summed E-state index contributed by atoms with van der Waals surface area (Å²) in [7, 11) is 1.62. The van der Waals surface area contributed by atoms with Crippen LogP contribution in [0.4, 0.5) is 16.3 Å². The lowest BCUT2D eigenvalue weighted by Gasteiger charge is -2.35. The Balaban J connectivity index is 1.31. The average molecular weight is 378 g/mol. The van der Waals surface area contributed by atoms with Gasteiger partial charge in [-0.25, -0.2) is 4.79 Å². The maximum absolute atomic E-state index is 12.5. The average Bonchev–Trinajstić information content (AvgIpc) is 3.29. The second kappa shape index (κ2) is 7.99. The van der Waals surface area contributed by atoms with Crippen LogP contribution in [-0.4, -0.2) is 59.0 Å². The van der Waals surface area contributed by atoms with Gasteiger partial charge in [0.05, 0.1) is 7.11 Å². The number of anilines is 2. The smallest absolute Gasteiger partial charge is 0.321 e. The highest BCUT2D eigenvalue weighted by Gasteiger charge is 2.22. The Morgan fingerprint density at radius 1 is 0.929 bits per heavy atom. The van der Waals surface area contributed by atoms with E-state index in [0.29, 0.717) is 26.2 Å². The zero-order chi connectivity index (χ0) is 19.3. The number of benzene rings is 1. The van der Waals surface area contributed by atoms with Crippen molar-refractivity contribution in [1.29, 1.82) is 0 Å². The van der Waals surface area contributed by atoms with Gasteiger partial charge in [-0.2, -0.15) is 0 Å². The van der Waals surface area contributed by atoms with Crippen LogP contribution < -0.4 is 15.0 Å². The minimum atomic E-state index is -0.0983. The minimum absolute atomic E-state index is 0.0983. The highest BCUT2D eigenvalue weighted by atomic mass is 16.5. The van der Waals surface area contributed by atoms with Gasteiger partial charge in [-0.1, -0.05) is 0 Å². The number of nitrogens with one attached hydrogen (secondary N) is 1. The van der Waals surface area contributed by atoms with Crippen molar-refractivity contribution >= 4 is 17.5 Å². The van der Waals surface area contributed by atoms with E-state index < -0.39 is 0 Å². The van der Waals surface area contributed by atoms with E-state index in [-0.39, 0.29) is 6.03 Å². The van der Waals surface area contributed by atoms with Crippen molar-refractivity contribution in [3.63, 3.8) is 0 Å². The Bertz CT molecular complexity index is 901. The molecule has 0 radical (unpaired) electrons. The summed E-state index contributed by atoms with van der Waals surface area (Å²) in [6.07, 6.45) is 3.87. The number of amides is 2. The number of ether oxygens (including phenoxy) is 1. The first-order valence-electron chi connectivity index (χ1n) is 9.15. The molecule has 1 fully saturated rings. The maximum atomic E-state index is 12.5. The number of carbonyl (C=O) groups is 1.